The summed E-state index contributed by atoms with van der Waals surface area (Å²) in [5.41, 5.74) is 2.04. The summed E-state index contributed by atoms with van der Waals surface area (Å²) in [6.45, 7) is 5.42. The first-order chi connectivity index (χ1) is 10.1. The normalized spacial score (nSPS) is 10.9. The molecule has 2 aromatic rings. The minimum atomic E-state index is 0.415. The predicted octanol–water partition coefficient (Wildman–Crippen LogP) is 4.57. The van der Waals surface area contributed by atoms with E-state index in [4.69, 9.17) is 16.3 Å². The Labute approximate surface area is 138 Å². The first-order valence-corrected chi connectivity index (χ1v) is 7.97. The molecule has 21 heavy (non-hydrogen) atoms. The van der Waals surface area contributed by atoms with Crippen LogP contribution in [0.4, 0.5) is 0 Å². The first kappa shape index (κ1) is 16.3. The Morgan fingerprint density at radius 2 is 2.10 bits per heavy atom. The molecule has 1 aromatic carbocycles. The molecule has 0 spiro atoms. The monoisotopic (exact) mass is 368 g/mol. The number of para-hydroxylation sites is 1. The number of ether oxygens (including phenoxy) is 1. The zero-order valence-electron chi connectivity index (χ0n) is 12.1. The number of pyridine rings is 1. The molecule has 5 heteroatoms. The molecule has 0 radical (unpaired) electrons. The van der Waals surface area contributed by atoms with Gasteiger partial charge in [0.15, 0.2) is 0 Å². The number of nitrogens with zero attached hydrogens (tertiary/aromatic N) is 1. The number of halogens is 2. The summed E-state index contributed by atoms with van der Waals surface area (Å²) in [5.74, 6) is 0.846. The fourth-order valence-corrected chi connectivity index (χ4v) is 2.54. The lowest BCUT2D eigenvalue weighted by molar-refractivity contribution is 0.299. The number of aromatic nitrogens is 1. The Balaban J connectivity index is 2.13. The van der Waals surface area contributed by atoms with E-state index in [0.717, 1.165) is 27.9 Å². The van der Waals surface area contributed by atoms with Crippen molar-refractivity contribution in [2.45, 2.75) is 33.0 Å². The van der Waals surface area contributed by atoms with E-state index < -0.39 is 0 Å². The fourth-order valence-electron chi connectivity index (χ4n) is 1.84. The number of hydrogen-bond donors (Lipinski definition) is 1. The van der Waals surface area contributed by atoms with E-state index in [1.165, 1.54) is 0 Å². The summed E-state index contributed by atoms with van der Waals surface area (Å²) in [6.07, 6.45) is 3.34. The Morgan fingerprint density at radius 3 is 2.81 bits per heavy atom. The highest BCUT2D eigenvalue weighted by atomic mass is 79.9. The van der Waals surface area contributed by atoms with E-state index in [9.17, 15) is 0 Å². The Morgan fingerprint density at radius 1 is 1.29 bits per heavy atom. The van der Waals surface area contributed by atoms with Gasteiger partial charge in [0, 0.05) is 36.1 Å². The van der Waals surface area contributed by atoms with E-state index in [1.54, 1.807) is 12.4 Å². The van der Waals surface area contributed by atoms with Crippen LogP contribution in [-0.2, 0) is 13.2 Å². The van der Waals surface area contributed by atoms with Gasteiger partial charge in [0.2, 0.25) is 0 Å². The zero-order chi connectivity index (χ0) is 15.2. The molecular weight excluding hydrogens is 352 g/mol. The van der Waals surface area contributed by atoms with Gasteiger partial charge in [0.25, 0.3) is 0 Å². The van der Waals surface area contributed by atoms with Crippen LogP contribution < -0.4 is 10.1 Å². The van der Waals surface area contributed by atoms with Crippen molar-refractivity contribution in [3.05, 3.63) is 57.3 Å². The van der Waals surface area contributed by atoms with Gasteiger partial charge >= 0.3 is 0 Å². The topological polar surface area (TPSA) is 34.1 Å². The molecule has 0 aliphatic rings. The SMILES string of the molecule is CC(C)NCc1cccc(Br)c1OCc1ccncc1Cl. The van der Waals surface area contributed by atoms with Gasteiger partial charge in [-0.2, -0.15) is 0 Å². The Kier molecular flexibility index (Phi) is 6.03. The minimum Gasteiger partial charge on any atom is -0.487 e. The maximum Gasteiger partial charge on any atom is 0.138 e. The van der Waals surface area contributed by atoms with Crippen LogP contribution in [0.3, 0.4) is 0 Å². The van der Waals surface area contributed by atoms with Gasteiger partial charge in [-0.05, 0) is 28.1 Å². The third-order valence-electron chi connectivity index (χ3n) is 2.98. The molecule has 0 aliphatic heterocycles. The van der Waals surface area contributed by atoms with Crippen molar-refractivity contribution in [2.24, 2.45) is 0 Å². The van der Waals surface area contributed by atoms with Gasteiger partial charge in [-0.3, -0.25) is 4.98 Å². The minimum absolute atomic E-state index is 0.415. The van der Waals surface area contributed by atoms with E-state index in [0.29, 0.717) is 17.7 Å². The summed E-state index contributed by atoms with van der Waals surface area (Å²) in [6, 6.07) is 8.33. The Hall–Kier alpha value is -1.10. The van der Waals surface area contributed by atoms with Crippen LogP contribution in [0.15, 0.2) is 41.1 Å². The van der Waals surface area contributed by atoms with Crippen molar-refractivity contribution in [2.75, 3.05) is 0 Å². The highest BCUT2D eigenvalue weighted by Crippen LogP contribution is 2.30. The summed E-state index contributed by atoms with van der Waals surface area (Å²) in [7, 11) is 0. The van der Waals surface area contributed by atoms with Crippen LogP contribution in [0.2, 0.25) is 5.02 Å². The largest absolute Gasteiger partial charge is 0.487 e. The molecule has 1 aromatic heterocycles. The molecule has 0 saturated heterocycles. The van der Waals surface area contributed by atoms with Crippen LogP contribution in [0, 0.1) is 0 Å². The lowest BCUT2D eigenvalue weighted by Crippen LogP contribution is -2.22. The quantitative estimate of drug-likeness (QED) is 0.809. The van der Waals surface area contributed by atoms with Crippen molar-refractivity contribution < 1.29 is 4.74 Å². The van der Waals surface area contributed by atoms with Gasteiger partial charge in [-0.25, -0.2) is 0 Å². The van der Waals surface area contributed by atoms with Crippen LogP contribution in [0.1, 0.15) is 25.0 Å². The standard InChI is InChI=1S/C16H18BrClN2O/c1-11(2)20-8-12-4-3-5-14(17)16(12)21-10-13-6-7-19-9-15(13)18/h3-7,9,11,20H,8,10H2,1-2H3. The average molecular weight is 370 g/mol. The molecule has 2 rings (SSSR count). The first-order valence-electron chi connectivity index (χ1n) is 6.80. The summed E-state index contributed by atoms with van der Waals surface area (Å²) < 4.78 is 6.91. The summed E-state index contributed by atoms with van der Waals surface area (Å²) >= 11 is 9.65. The molecular formula is C16H18BrClN2O. The van der Waals surface area contributed by atoms with E-state index in [1.807, 2.05) is 18.2 Å². The number of rotatable bonds is 6. The lowest BCUT2D eigenvalue weighted by atomic mass is 10.2. The van der Waals surface area contributed by atoms with Crippen molar-refractivity contribution in [1.29, 1.82) is 0 Å². The van der Waals surface area contributed by atoms with Gasteiger partial charge in [-0.1, -0.05) is 37.6 Å². The van der Waals surface area contributed by atoms with E-state index in [-0.39, 0.29) is 0 Å². The average Bonchev–Trinajstić information content (AvgIpc) is 2.45. The lowest BCUT2D eigenvalue weighted by Gasteiger charge is -2.15. The van der Waals surface area contributed by atoms with Gasteiger partial charge in [0.1, 0.15) is 12.4 Å². The van der Waals surface area contributed by atoms with Crippen molar-refractivity contribution in [3.8, 4) is 5.75 Å². The molecule has 0 atom stereocenters. The summed E-state index contributed by atoms with van der Waals surface area (Å²) in [5, 5.41) is 4.02. The predicted molar refractivity (Wildman–Crippen MR) is 89.7 cm³/mol. The van der Waals surface area contributed by atoms with Crippen molar-refractivity contribution >= 4 is 27.5 Å². The molecule has 0 unspecified atom stereocenters. The van der Waals surface area contributed by atoms with Crippen molar-refractivity contribution in [1.82, 2.24) is 10.3 Å². The van der Waals surface area contributed by atoms with Crippen LogP contribution >= 0.6 is 27.5 Å². The third-order valence-corrected chi connectivity index (χ3v) is 3.94. The maximum absolute atomic E-state index is 6.11. The van der Waals surface area contributed by atoms with Gasteiger partial charge < -0.3 is 10.1 Å². The fraction of sp³-hybridized carbons (Fsp3) is 0.312. The smallest absolute Gasteiger partial charge is 0.138 e. The molecule has 0 amide bonds. The van der Waals surface area contributed by atoms with E-state index in [2.05, 4.69) is 46.1 Å². The second kappa shape index (κ2) is 7.78. The van der Waals surface area contributed by atoms with Gasteiger partial charge in [0.05, 0.1) is 9.50 Å². The second-order valence-corrected chi connectivity index (χ2v) is 6.28. The second-order valence-electron chi connectivity index (χ2n) is 5.02. The number of benzene rings is 1. The van der Waals surface area contributed by atoms with Crippen molar-refractivity contribution in [3.63, 3.8) is 0 Å². The highest BCUT2D eigenvalue weighted by Gasteiger charge is 2.10. The number of nitrogens with one attached hydrogen (secondary N) is 1. The molecule has 1 N–H and O–H groups in total. The molecule has 1 heterocycles. The van der Waals surface area contributed by atoms with Crippen LogP contribution in [0.25, 0.3) is 0 Å². The molecule has 112 valence electrons. The molecule has 0 bridgehead atoms. The third kappa shape index (κ3) is 4.70. The Bertz CT molecular complexity index is 605. The van der Waals surface area contributed by atoms with Crippen LogP contribution in [0.5, 0.6) is 5.75 Å². The maximum atomic E-state index is 6.11. The molecule has 3 nitrogen and oxygen atoms in total. The summed E-state index contributed by atoms with van der Waals surface area (Å²) in [4.78, 5) is 3.98. The molecule has 0 aliphatic carbocycles. The van der Waals surface area contributed by atoms with Crippen LogP contribution in [-0.4, -0.2) is 11.0 Å². The van der Waals surface area contributed by atoms with Gasteiger partial charge in [-0.15, -0.1) is 0 Å². The number of hydrogen-bond acceptors (Lipinski definition) is 3. The molecule has 0 fully saturated rings. The molecule has 0 saturated carbocycles. The van der Waals surface area contributed by atoms with E-state index >= 15 is 0 Å². The highest BCUT2D eigenvalue weighted by molar-refractivity contribution is 9.10. The zero-order valence-corrected chi connectivity index (χ0v) is 14.4.